The molecule has 1 heterocycles. The van der Waals surface area contributed by atoms with Crippen molar-refractivity contribution in [2.45, 2.75) is 31.9 Å². The molecule has 4 nitrogen and oxygen atoms in total. The highest BCUT2D eigenvalue weighted by Crippen LogP contribution is 2.36. The lowest BCUT2D eigenvalue weighted by atomic mass is 10.0. The topological polar surface area (TPSA) is 52.9 Å². The molecule has 0 amide bonds. The largest absolute Gasteiger partial charge is 0.507 e. The molecule has 0 bridgehead atoms. The molecule has 2 unspecified atom stereocenters. The van der Waals surface area contributed by atoms with Gasteiger partial charge in [0.2, 0.25) is 0 Å². The van der Waals surface area contributed by atoms with Crippen LogP contribution in [0, 0.1) is 0 Å². The van der Waals surface area contributed by atoms with Gasteiger partial charge in [-0.2, -0.15) is 0 Å². The van der Waals surface area contributed by atoms with E-state index in [0.717, 1.165) is 25.9 Å². The number of rotatable bonds is 3. The summed E-state index contributed by atoms with van der Waals surface area (Å²) in [7, 11) is 1.73. The Morgan fingerprint density at radius 1 is 1.33 bits per heavy atom. The first-order valence-electron chi connectivity index (χ1n) is 6.41. The molecule has 0 radical (unpaired) electrons. The van der Waals surface area contributed by atoms with Crippen molar-refractivity contribution in [1.82, 2.24) is 4.90 Å². The Hall–Kier alpha value is -1.26. The maximum absolute atomic E-state index is 9.90. The first kappa shape index (κ1) is 13.2. The molecule has 1 saturated heterocycles. The Labute approximate surface area is 108 Å². The average molecular weight is 251 g/mol. The third-order valence-electron chi connectivity index (χ3n) is 3.77. The van der Waals surface area contributed by atoms with Gasteiger partial charge in [-0.3, -0.25) is 4.90 Å². The molecule has 2 rings (SSSR count). The van der Waals surface area contributed by atoms with Crippen LogP contribution in [-0.4, -0.2) is 41.4 Å². The first-order chi connectivity index (χ1) is 8.63. The van der Waals surface area contributed by atoms with Crippen LogP contribution in [0.5, 0.6) is 11.5 Å². The molecule has 2 N–H and O–H groups in total. The number of nitrogens with zero attached hydrogens (tertiary/aromatic N) is 1. The second kappa shape index (κ2) is 5.59. The minimum absolute atomic E-state index is 0.0100. The molecule has 0 aliphatic carbocycles. The van der Waals surface area contributed by atoms with E-state index in [9.17, 15) is 10.2 Å². The fourth-order valence-electron chi connectivity index (χ4n) is 2.66. The number of piperidine rings is 1. The van der Waals surface area contributed by atoms with Crippen molar-refractivity contribution in [3.05, 3.63) is 23.8 Å². The zero-order valence-electron chi connectivity index (χ0n) is 11.0. The van der Waals surface area contributed by atoms with E-state index in [4.69, 9.17) is 4.74 Å². The van der Waals surface area contributed by atoms with Crippen LogP contribution < -0.4 is 0 Å². The molecule has 1 aromatic carbocycles. The van der Waals surface area contributed by atoms with Crippen molar-refractivity contribution in [3.8, 4) is 11.5 Å². The normalized spacial score (nSPS) is 22.9. The second-order valence-electron chi connectivity index (χ2n) is 4.88. The van der Waals surface area contributed by atoms with Crippen LogP contribution in [-0.2, 0) is 4.74 Å². The summed E-state index contributed by atoms with van der Waals surface area (Å²) in [5, 5.41) is 19.8. The molecule has 1 fully saturated rings. The molecule has 0 aromatic heterocycles. The number of likely N-dealkylation sites (tertiary alicyclic amines) is 1. The van der Waals surface area contributed by atoms with Gasteiger partial charge in [0.25, 0.3) is 0 Å². The minimum atomic E-state index is -0.0100. The van der Waals surface area contributed by atoms with Gasteiger partial charge in [0.1, 0.15) is 11.5 Å². The molecule has 2 atom stereocenters. The summed E-state index contributed by atoms with van der Waals surface area (Å²) < 4.78 is 5.40. The SMILES string of the molecule is COC1CCCN(C(C)c2c(O)cccc2O)C1. The third kappa shape index (κ3) is 2.60. The van der Waals surface area contributed by atoms with E-state index in [1.54, 1.807) is 25.3 Å². The summed E-state index contributed by atoms with van der Waals surface area (Å²) in [4.78, 5) is 2.24. The van der Waals surface area contributed by atoms with Gasteiger partial charge in [-0.1, -0.05) is 6.07 Å². The van der Waals surface area contributed by atoms with E-state index in [0.29, 0.717) is 5.56 Å². The van der Waals surface area contributed by atoms with Gasteiger partial charge in [-0.25, -0.2) is 0 Å². The average Bonchev–Trinajstić information content (AvgIpc) is 2.38. The number of hydrogen-bond donors (Lipinski definition) is 2. The highest BCUT2D eigenvalue weighted by molar-refractivity contribution is 5.45. The van der Waals surface area contributed by atoms with E-state index in [2.05, 4.69) is 4.90 Å². The van der Waals surface area contributed by atoms with Crippen molar-refractivity contribution >= 4 is 0 Å². The molecular weight excluding hydrogens is 230 g/mol. The summed E-state index contributed by atoms with van der Waals surface area (Å²) in [5.41, 5.74) is 0.606. The maximum Gasteiger partial charge on any atom is 0.124 e. The zero-order chi connectivity index (χ0) is 13.1. The number of aromatic hydroxyl groups is 2. The fraction of sp³-hybridized carbons (Fsp3) is 0.571. The quantitative estimate of drug-likeness (QED) is 0.865. The smallest absolute Gasteiger partial charge is 0.124 e. The van der Waals surface area contributed by atoms with Crippen LogP contribution in [0.1, 0.15) is 31.4 Å². The zero-order valence-corrected chi connectivity index (χ0v) is 11.0. The molecule has 100 valence electrons. The Balaban J connectivity index is 2.17. The monoisotopic (exact) mass is 251 g/mol. The van der Waals surface area contributed by atoms with Crippen LogP contribution in [0.3, 0.4) is 0 Å². The van der Waals surface area contributed by atoms with E-state index in [-0.39, 0.29) is 23.6 Å². The van der Waals surface area contributed by atoms with E-state index >= 15 is 0 Å². The van der Waals surface area contributed by atoms with E-state index < -0.39 is 0 Å². The van der Waals surface area contributed by atoms with Gasteiger partial charge in [0, 0.05) is 19.7 Å². The Bertz CT molecular complexity index is 388. The Kier molecular flexibility index (Phi) is 4.09. The highest BCUT2D eigenvalue weighted by atomic mass is 16.5. The highest BCUT2D eigenvalue weighted by Gasteiger charge is 2.27. The summed E-state index contributed by atoms with van der Waals surface area (Å²) in [5.74, 6) is 0.309. The molecule has 1 aliphatic rings. The van der Waals surface area contributed by atoms with Crippen molar-refractivity contribution < 1.29 is 14.9 Å². The maximum atomic E-state index is 9.90. The van der Waals surface area contributed by atoms with Crippen LogP contribution in [0.25, 0.3) is 0 Å². The van der Waals surface area contributed by atoms with Crippen molar-refractivity contribution in [2.24, 2.45) is 0 Å². The summed E-state index contributed by atoms with van der Waals surface area (Å²) in [6.07, 6.45) is 2.40. The van der Waals surface area contributed by atoms with Crippen molar-refractivity contribution in [1.29, 1.82) is 0 Å². The van der Waals surface area contributed by atoms with Crippen molar-refractivity contribution in [2.75, 3.05) is 20.2 Å². The predicted molar refractivity (Wildman–Crippen MR) is 69.8 cm³/mol. The molecule has 0 spiro atoms. The predicted octanol–water partition coefficient (Wildman–Crippen LogP) is 2.27. The van der Waals surface area contributed by atoms with E-state index in [1.165, 1.54) is 0 Å². The molecule has 1 aliphatic heterocycles. The minimum Gasteiger partial charge on any atom is -0.507 e. The molecule has 0 saturated carbocycles. The number of hydrogen-bond acceptors (Lipinski definition) is 4. The number of phenols is 2. The number of methoxy groups -OCH3 is 1. The van der Waals surface area contributed by atoms with Gasteiger partial charge < -0.3 is 14.9 Å². The van der Waals surface area contributed by atoms with Gasteiger partial charge in [-0.15, -0.1) is 0 Å². The summed E-state index contributed by atoms with van der Waals surface area (Å²) in [6.45, 7) is 3.81. The number of phenolic OH excluding ortho intramolecular Hbond substituents is 2. The molecular formula is C14H21NO3. The van der Waals surface area contributed by atoms with Crippen molar-refractivity contribution in [3.63, 3.8) is 0 Å². The van der Waals surface area contributed by atoms with Gasteiger partial charge in [-0.05, 0) is 38.4 Å². The standard InChI is InChI=1S/C14H21NO3/c1-10(14-12(16)6-3-7-13(14)17)15-8-4-5-11(9-15)18-2/h3,6-7,10-11,16-17H,4-5,8-9H2,1-2H3. The van der Waals surface area contributed by atoms with Crippen LogP contribution in [0.2, 0.25) is 0 Å². The summed E-state index contributed by atoms with van der Waals surface area (Å²) in [6, 6.07) is 4.87. The molecule has 18 heavy (non-hydrogen) atoms. The summed E-state index contributed by atoms with van der Waals surface area (Å²) >= 11 is 0. The fourth-order valence-corrected chi connectivity index (χ4v) is 2.66. The van der Waals surface area contributed by atoms with Crippen LogP contribution >= 0.6 is 0 Å². The van der Waals surface area contributed by atoms with Crippen LogP contribution in [0.4, 0.5) is 0 Å². The lowest BCUT2D eigenvalue weighted by Gasteiger charge is -2.36. The Morgan fingerprint density at radius 2 is 2.00 bits per heavy atom. The lowest BCUT2D eigenvalue weighted by molar-refractivity contribution is 0.0164. The molecule has 1 aromatic rings. The number of benzene rings is 1. The van der Waals surface area contributed by atoms with Gasteiger partial charge in [0.15, 0.2) is 0 Å². The third-order valence-corrected chi connectivity index (χ3v) is 3.77. The lowest BCUT2D eigenvalue weighted by Crippen LogP contribution is -2.40. The number of ether oxygens (including phenoxy) is 1. The Morgan fingerprint density at radius 3 is 2.61 bits per heavy atom. The van der Waals surface area contributed by atoms with E-state index in [1.807, 2.05) is 6.92 Å². The first-order valence-corrected chi connectivity index (χ1v) is 6.41. The van der Waals surface area contributed by atoms with Gasteiger partial charge >= 0.3 is 0 Å². The van der Waals surface area contributed by atoms with Crippen LogP contribution in [0.15, 0.2) is 18.2 Å². The molecule has 4 heteroatoms. The van der Waals surface area contributed by atoms with Gasteiger partial charge in [0.05, 0.1) is 11.7 Å². The second-order valence-corrected chi connectivity index (χ2v) is 4.88.